The molecule has 0 amide bonds. The second-order valence-corrected chi connectivity index (χ2v) is 2.68. The molecule has 0 saturated carbocycles. The fourth-order valence-corrected chi connectivity index (χ4v) is 0.604. The summed E-state index contributed by atoms with van der Waals surface area (Å²) < 4.78 is 10.4. The van der Waals surface area contributed by atoms with E-state index in [1.54, 1.807) is 6.08 Å². The molecule has 0 spiro atoms. The zero-order chi connectivity index (χ0) is 9.23. The van der Waals surface area contributed by atoms with Crippen molar-refractivity contribution in [2.45, 2.75) is 20.0 Å². The lowest BCUT2D eigenvalue weighted by Crippen LogP contribution is -2.01. The summed E-state index contributed by atoms with van der Waals surface area (Å²) in [6.45, 7) is 9.48. The van der Waals surface area contributed by atoms with Gasteiger partial charge in [0.1, 0.15) is 0 Å². The summed E-state index contributed by atoms with van der Waals surface area (Å²) in [6.07, 6.45) is 5.94. The third-order valence-corrected chi connectivity index (χ3v) is 1.14. The van der Waals surface area contributed by atoms with Crippen molar-refractivity contribution in [1.82, 2.24) is 0 Å². The molecule has 0 atom stereocenters. The highest BCUT2D eigenvalue weighted by atomic mass is 16.5. The predicted octanol–water partition coefficient (Wildman–Crippen LogP) is 2.17. The van der Waals surface area contributed by atoms with Crippen LogP contribution >= 0.6 is 0 Å². The molecule has 0 unspecified atom stereocenters. The number of hydrogen-bond acceptors (Lipinski definition) is 2. The minimum Gasteiger partial charge on any atom is -0.375 e. The summed E-state index contributed by atoms with van der Waals surface area (Å²) >= 11 is 0. The molecule has 0 aliphatic carbocycles. The second kappa shape index (κ2) is 8.50. The summed E-state index contributed by atoms with van der Waals surface area (Å²) in [5, 5.41) is 0. The first-order chi connectivity index (χ1) is 5.77. The van der Waals surface area contributed by atoms with Gasteiger partial charge in [-0.15, -0.1) is 6.58 Å². The Balaban J connectivity index is 3.08. The molecule has 12 heavy (non-hydrogen) atoms. The first-order valence-corrected chi connectivity index (χ1v) is 4.22. The molecule has 0 radical (unpaired) electrons. The van der Waals surface area contributed by atoms with E-state index in [-0.39, 0.29) is 0 Å². The molecule has 0 aromatic rings. The number of hydrogen-bond donors (Lipinski definition) is 0. The summed E-state index contributed by atoms with van der Waals surface area (Å²) in [5.41, 5.74) is 0. The van der Waals surface area contributed by atoms with Gasteiger partial charge in [-0.25, -0.2) is 0 Å². The van der Waals surface area contributed by atoms with Crippen LogP contribution in [0.25, 0.3) is 0 Å². The Kier molecular flexibility index (Phi) is 8.07. The fourth-order valence-electron chi connectivity index (χ4n) is 0.604. The van der Waals surface area contributed by atoms with E-state index >= 15 is 0 Å². The normalized spacial score (nSPS) is 11.2. The number of ether oxygens (including phenoxy) is 2. The Labute approximate surface area is 74.9 Å². The molecule has 0 aliphatic heterocycles. The molecule has 70 valence electrons. The average molecular weight is 170 g/mol. The van der Waals surface area contributed by atoms with Crippen molar-refractivity contribution in [3.05, 3.63) is 24.8 Å². The summed E-state index contributed by atoms with van der Waals surface area (Å²) in [7, 11) is 0. The van der Waals surface area contributed by atoms with Gasteiger partial charge in [0, 0.05) is 0 Å². The van der Waals surface area contributed by atoms with Gasteiger partial charge in [0.15, 0.2) is 0 Å². The van der Waals surface area contributed by atoms with Gasteiger partial charge in [0.25, 0.3) is 0 Å². The van der Waals surface area contributed by atoms with E-state index in [1.807, 2.05) is 26.0 Å². The van der Waals surface area contributed by atoms with Gasteiger partial charge in [-0.2, -0.15) is 0 Å². The first-order valence-electron chi connectivity index (χ1n) is 4.22. The first kappa shape index (κ1) is 11.4. The molecule has 0 aliphatic rings. The molecule has 0 aromatic heterocycles. The van der Waals surface area contributed by atoms with Crippen LogP contribution in [0.15, 0.2) is 24.8 Å². The minimum atomic E-state index is 0.295. The van der Waals surface area contributed by atoms with Crippen LogP contribution in [-0.4, -0.2) is 25.9 Å². The molecule has 2 heteroatoms. The lowest BCUT2D eigenvalue weighted by atomic mass is 10.4. The maximum atomic E-state index is 5.29. The molecule has 0 heterocycles. The maximum Gasteiger partial charge on any atom is 0.0652 e. The third kappa shape index (κ3) is 9.40. The van der Waals surface area contributed by atoms with Crippen LogP contribution in [0.2, 0.25) is 0 Å². The van der Waals surface area contributed by atoms with Crippen LogP contribution < -0.4 is 0 Å². The fraction of sp³-hybridized carbons (Fsp3) is 0.600. The van der Waals surface area contributed by atoms with Gasteiger partial charge in [-0.3, -0.25) is 0 Å². The largest absolute Gasteiger partial charge is 0.375 e. The molecule has 0 bridgehead atoms. The van der Waals surface area contributed by atoms with Crippen molar-refractivity contribution >= 4 is 0 Å². The molecular formula is C10H18O2. The second-order valence-electron chi connectivity index (χ2n) is 2.68. The smallest absolute Gasteiger partial charge is 0.0652 e. The summed E-state index contributed by atoms with van der Waals surface area (Å²) in [6, 6.07) is 0. The topological polar surface area (TPSA) is 18.5 Å². The van der Waals surface area contributed by atoms with Gasteiger partial charge in [0.2, 0.25) is 0 Å². The van der Waals surface area contributed by atoms with Crippen molar-refractivity contribution in [3.63, 3.8) is 0 Å². The van der Waals surface area contributed by atoms with Crippen LogP contribution in [0.1, 0.15) is 13.8 Å². The zero-order valence-electron chi connectivity index (χ0n) is 7.95. The van der Waals surface area contributed by atoms with Crippen LogP contribution in [0.4, 0.5) is 0 Å². The highest BCUT2D eigenvalue weighted by Crippen LogP contribution is 1.87. The third-order valence-electron chi connectivity index (χ3n) is 1.14. The zero-order valence-corrected chi connectivity index (χ0v) is 7.95. The summed E-state index contributed by atoms with van der Waals surface area (Å²) in [5.74, 6) is 0. The van der Waals surface area contributed by atoms with E-state index in [9.17, 15) is 0 Å². The minimum absolute atomic E-state index is 0.295. The predicted molar refractivity (Wildman–Crippen MR) is 51.2 cm³/mol. The van der Waals surface area contributed by atoms with E-state index in [1.165, 1.54) is 0 Å². The average Bonchev–Trinajstić information content (AvgIpc) is 2.02. The standard InChI is InChI=1S/C10H18O2/c1-4-7-11-8-5-6-9-12-10(2)3/h4-6,10H,1,7-9H2,2-3H3. The molecule has 0 saturated heterocycles. The molecule has 0 aromatic carbocycles. The Bertz CT molecular complexity index is 128. The highest BCUT2D eigenvalue weighted by Gasteiger charge is 1.87. The lowest BCUT2D eigenvalue weighted by Gasteiger charge is -2.02. The van der Waals surface area contributed by atoms with Crippen molar-refractivity contribution in [3.8, 4) is 0 Å². The van der Waals surface area contributed by atoms with E-state index in [2.05, 4.69) is 6.58 Å². The van der Waals surface area contributed by atoms with Crippen molar-refractivity contribution in [2.24, 2.45) is 0 Å². The monoisotopic (exact) mass is 170 g/mol. The Morgan fingerprint density at radius 1 is 1.17 bits per heavy atom. The maximum absolute atomic E-state index is 5.29. The Morgan fingerprint density at radius 2 is 1.83 bits per heavy atom. The van der Waals surface area contributed by atoms with Crippen LogP contribution in [0, 0.1) is 0 Å². The molecular weight excluding hydrogens is 152 g/mol. The van der Waals surface area contributed by atoms with Crippen LogP contribution in [0.5, 0.6) is 0 Å². The molecule has 0 N–H and O–H groups in total. The van der Waals surface area contributed by atoms with E-state index < -0.39 is 0 Å². The van der Waals surface area contributed by atoms with Crippen molar-refractivity contribution in [2.75, 3.05) is 19.8 Å². The van der Waals surface area contributed by atoms with Crippen molar-refractivity contribution in [1.29, 1.82) is 0 Å². The van der Waals surface area contributed by atoms with Gasteiger partial charge in [-0.05, 0) is 13.8 Å². The van der Waals surface area contributed by atoms with E-state index in [4.69, 9.17) is 9.47 Å². The lowest BCUT2D eigenvalue weighted by molar-refractivity contribution is 0.102. The summed E-state index contributed by atoms with van der Waals surface area (Å²) in [4.78, 5) is 0. The Morgan fingerprint density at radius 3 is 2.42 bits per heavy atom. The van der Waals surface area contributed by atoms with Gasteiger partial charge < -0.3 is 9.47 Å². The Hall–Kier alpha value is -0.600. The van der Waals surface area contributed by atoms with Crippen molar-refractivity contribution < 1.29 is 9.47 Å². The van der Waals surface area contributed by atoms with Gasteiger partial charge in [0.05, 0.1) is 25.9 Å². The van der Waals surface area contributed by atoms with Gasteiger partial charge >= 0.3 is 0 Å². The molecule has 0 fully saturated rings. The van der Waals surface area contributed by atoms with Crippen LogP contribution in [0.3, 0.4) is 0 Å². The van der Waals surface area contributed by atoms with E-state index in [0.717, 1.165) is 0 Å². The molecule has 0 rings (SSSR count). The molecule has 2 nitrogen and oxygen atoms in total. The van der Waals surface area contributed by atoms with E-state index in [0.29, 0.717) is 25.9 Å². The van der Waals surface area contributed by atoms with Gasteiger partial charge in [-0.1, -0.05) is 18.2 Å². The quantitative estimate of drug-likeness (QED) is 0.430. The highest BCUT2D eigenvalue weighted by molar-refractivity contribution is 4.81. The SMILES string of the molecule is C=CCOCC=CCOC(C)C. The number of rotatable bonds is 7. The van der Waals surface area contributed by atoms with Crippen LogP contribution in [-0.2, 0) is 9.47 Å².